The van der Waals surface area contributed by atoms with Gasteiger partial charge in [-0.2, -0.15) is 0 Å². The lowest BCUT2D eigenvalue weighted by atomic mass is 10.1. The van der Waals surface area contributed by atoms with E-state index < -0.39 is 18.0 Å². The minimum atomic E-state index is -0.926. The van der Waals surface area contributed by atoms with Crippen molar-refractivity contribution < 1.29 is 19.7 Å². The van der Waals surface area contributed by atoms with E-state index in [2.05, 4.69) is 6.58 Å². The monoisotopic (exact) mass is 188 g/mol. The van der Waals surface area contributed by atoms with Crippen LogP contribution in [-0.4, -0.2) is 40.9 Å². The van der Waals surface area contributed by atoms with E-state index in [1.165, 1.54) is 0 Å². The van der Waals surface area contributed by atoms with Gasteiger partial charge in [0.05, 0.1) is 6.61 Å². The molecule has 1 aliphatic rings. The van der Waals surface area contributed by atoms with Gasteiger partial charge in [-0.1, -0.05) is 6.08 Å². The molecule has 0 bridgehead atoms. The van der Waals surface area contributed by atoms with Gasteiger partial charge in [-0.15, -0.1) is 6.58 Å². The molecular weight excluding hydrogens is 172 g/mol. The molecule has 1 fully saturated rings. The van der Waals surface area contributed by atoms with E-state index in [9.17, 15) is 5.11 Å². The fraction of sp³-hybridized carbons (Fsp3) is 0.778. The van der Waals surface area contributed by atoms with Crippen molar-refractivity contribution in [3.8, 4) is 0 Å². The Balaban J connectivity index is 2.68. The fourth-order valence-corrected chi connectivity index (χ4v) is 1.40. The topological polar surface area (TPSA) is 58.9 Å². The van der Waals surface area contributed by atoms with Gasteiger partial charge in [0.15, 0.2) is 5.79 Å². The van der Waals surface area contributed by atoms with Crippen LogP contribution in [0.5, 0.6) is 0 Å². The molecule has 0 saturated carbocycles. The molecule has 0 amide bonds. The van der Waals surface area contributed by atoms with Crippen molar-refractivity contribution in [2.45, 2.75) is 37.9 Å². The van der Waals surface area contributed by atoms with Crippen molar-refractivity contribution in [2.75, 3.05) is 6.61 Å². The van der Waals surface area contributed by atoms with Crippen LogP contribution in [0.1, 0.15) is 13.8 Å². The summed E-state index contributed by atoms with van der Waals surface area (Å²) in [5, 5.41) is 18.1. The van der Waals surface area contributed by atoms with Crippen molar-refractivity contribution in [1.82, 2.24) is 0 Å². The number of hydrogen-bond acceptors (Lipinski definition) is 4. The summed E-state index contributed by atoms with van der Waals surface area (Å²) >= 11 is 0. The third-order valence-electron chi connectivity index (χ3n) is 1.96. The van der Waals surface area contributed by atoms with Crippen LogP contribution in [0.4, 0.5) is 0 Å². The van der Waals surface area contributed by atoms with Crippen molar-refractivity contribution in [3.05, 3.63) is 12.7 Å². The summed E-state index contributed by atoms with van der Waals surface area (Å²) in [6.45, 7) is 6.75. The maximum Gasteiger partial charge on any atom is 0.164 e. The summed E-state index contributed by atoms with van der Waals surface area (Å²) in [5.41, 5.74) is 0. The molecule has 3 atom stereocenters. The van der Waals surface area contributed by atoms with Crippen LogP contribution in [0.2, 0.25) is 0 Å². The summed E-state index contributed by atoms with van der Waals surface area (Å²) < 4.78 is 10.8. The molecule has 1 saturated heterocycles. The standard InChI is InChI=1S/C9H16O4/c1-4-7-8(6(11)5-10)13-9(2,3)12-7/h4,6-8,10-11H,1,5H2,2-3H3. The Morgan fingerprint density at radius 1 is 1.54 bits per heavy atom. The molecule has 76 valence electrons. The van der Waals surface area contributed by atoms with Gasteiger partial charge in [0.2, 0.25) is 0 Å². The summed E-state index contributed by atoms with van der Waals surface area (Å²) in [6.07, 6.45) is -0.252. The molecule has 0 aliphatic carbocycles. The van der Waals surface area contributed by atoms with Gasteiger partial charge in [-0.05, 0) is 13.8 Å². The van der Waals surface area contributed by atoms with Crippen LogP contribution in [-0.2, 0) is 9.47 Å². The lowest BCUT2D eigenvalue weighted by Gasteiger charge is -2.19. The molecule has 2 N–H and O–H groups in total. The molecule has 0 aromatic carbocycles. The molecule has 4 nitrogen and oxygen atoms in total. The summed E-state index contributed by atoms with van der Waals surface area (Å²) in [4.78, 5) is 0. The Kier molecular flexibility index (Phi) is 3.08. The van der Waals surface area contributed by atoms with Gasteiger partial charge in [-0.3, -0.25) is 0 Å². The zero-order chi connectivity index (χ0) is 10.1. The number of ether oxygens (including phenoxy) is 2. The van der Waals surface area contributed by atoms with Gasteiger partial charge in [0.25, 0.3) is 0 Å². The molecule has 1 heterocycles. The highest BCUT2D eigenvalue weighted by Crippen LogP contribution is 2.30. The molecule has 3 unspecified atom stereocenters. The number of aliphatic hydroxyl groups is 2. The zero-order valence-electron chi connectivity index (χ0n) is 7.93. The first-order valence-electron chi connectivity index (χ1n) is 4.27. The minimum absolute atomic E-state index is 0.339. The van der Waals surface area contributed by atoms with Crippen LogP contribution >= 0.6 is 0 Å². The SMILES string of the molecule is C=CC1OC(C)(C)OC1C(O)CO. The Hall–Kier alpha value is -0.420. The van der Waals surface area contributed by atoms with Crippen molar-refractivity contribution in [1.29, 1.82) is 0 Å². The molecule has 0 aromatic rings. The third kappa shape index (κ3) is 2.28. The maximum atomic E-state index is 9.39. The van der Waals surface area contributed by atoms with Gasteiger partial charge >= 0.3 is 0 Å². The van der Waals surface area contributed by atoms with E-state index in [4.69, 9.17) is 14.6 Å². The minimum Gasteiger partial charge on any atom is -0.394 e. The highest BCUT2D eigenvalue weighted by molar-refractivity contribution is 4.96. The number of hydrogen-bond donors (Lipinski definition) is 2. The van der Waals surface area contributed by atoms with Crippen LogP contribution in [0.25, 0.3) is 0 Å². The Bertz CT molecular complexity index is 190. The number of rotatable bonds is 3. The molecule has 0 radical (unpaired) electrons. The normalized spacial score (nSPS) is 34.5. The molecule has 0 spiro atoms. The van der Waals surface area contributed by atoms with Crippen LogP contribution in [0.15, 0.2) is 12.7 Å². The van der Waals surface area contributed by atoms with Crippen LogP contribution in [0, 0.1) is 0 Å². The highest BCUT2D eigenvalue weighted by atomic mass is 16.8. The molecule has 4 heteroatoms. The van der Waals surface area contributed by atoms with E-state index in [1.54, 1.807) is 19.9 Å². The third-order valence-corrected chi connectivity index (χ3v) is 1.96. The van der Waals surface area contributed by atoms with Gasteiger partial charge in [0.1, 0.15) is 18.3 Å². The van der Waals surface area contributed by atoms with E-state index in [0.29, 0.717) is 0 Å². The second-order valence-corrected chi connectivity index (χ2v) is 3.55. The van der Waals surface area contributed by atoms with E-state index >= 15 is 0 Å². The molecule has 13 heavy (non-hydrogen) atoms. The average molecular weight is 188 g/mol. The molecule has 1 aliphatic heterocycles. The van der Waals surface area contributed by atoms with Crippen LogP contribution in [0.3, 0.4) is 0 Å². The quantitative estimate of drug-likeness (QED) is 0.614. The van der Waals surface area contributed by atoms with Gasteiger partial charge in [0, 0.05) is 0 Å². The largest absolute Gasteiger partial charge is 0.394 e. The first-order valence-corrected chi connectivity index (χ1v) is 4.27. The second-order valence-electron chi connectivity index (χ2n) is 3.55. The first kappa shape index (κ1) is 10.7. The van der Waals surface area contributed by atoms with E-state index in [-0.39, 0.29) is 12.7 Å². The average Bonchev–Trinajstić information content (AvgIpc) is 2.39. The summed E-state index contributed by atoms with van der Waals surface area (Å²) in [5.74, 6) is -0.723. The number of aliphatic hydroxyl groups excluding tert-OH is 2. The highest BCUT2D eigenvalue weighted by Gasteiger charge is 2.42. The predicted molar refractivity (Wildman–Crippen MR) is 47.1 cm³/mol. The fourth-order valence-electron chi connectivity index (χ4n) is 1.40. The van der Waals surface area contributed by atoms with Crippen molar-refractivity contribution >= 4 is 0 Å². The van der Waals surface area contributed by atoms with Crippen molar-refractivity contribution in [3.63, 3.8) is 0 Å². The van der Waals surface area contributed by atoms with Crippen LogP contribution < -0.4 is 0 Å². The Morgan fingerprint density at radius 3 is 2.62 bits per heavy atom. The Morgan fingerprint density at radius 2 is 2.15 bits per heavy atom. The Labute approximate surface area is 77.8 Å². The van der Waals surface area contributed by atoms with Gasteiger partial charge < -0.3 is 19.7 Å². The van der Waals surface area contributed by atoms with E-state index in [1.807, 2.05) is 0 Å². The smallest absolute Gasteiger partial charge is 0.164 e. The molecule has 1 rings (SSSR count). The molecular formula is C9H16O4. The zero-order valence-corrected chi connectivity index (χ0v) is 7.93. The van der Waals surface area contributed by atoms with Gasteiger partial charge in [-0.25, -0.2) is 0 Å². The predicted octanol–water partition coefficient (Wildman–Crippen LogP) is 0.0457. The molecule has 0 aromatic heterocycles. The lowest BCUT2D eigenvalue weighted by Crippen LogP contribution is -2.36. The van der Waals surface area contributed by atoms with Crippen molar-refractivity contribution in [2.24, 2.45) is 0 Å². The maximum absolute atomic E-state index is 9.39. The lowest BCUT2D eigenvalue weighted by molar-refractivity contribution is -0.155. The summed E-state index contributed by atoms with van der Waals surface area (Å²) in [6, 6.07) is 0. The van der Waals surface area contributed by atoms with E-state index in [0.717, 1.165) is 0 Å². The first-order chi connectivity index (χ1) is 6.00. The summed E-state index contributed by atoms with van der Waals surface area (Å²) in [7, 11) is 0. The second kappa shape index (κ2) is 3.75.